The van der Waals surface area contributed by atoms with Crippen LogP contribution in [-0.2, 0) is 47.9 Å². The molecule has 0 rings (SSSR count). The summed E-state index contributed by atoms with van der Waals surface area (Å²) in [5.41, 5.74) is 5.15. The number of unbranched alkanes of at least 4 members (excludes halogenated alkanes) is 6. The largest absolute Gasteiger partial charge is 0.458 e. The van der Waals surface area contributed by atoms with Crippen LogP contribution in [0.5, 0.6) is 0 Å². The molecule has 0 aliphatic heterocycles. The van der Waals surface area contributed by atoms with E-state index in [1.165, 1.54) is 4.90 Å². The summed E-state index contributed by atoms with van der Waals surface area (Å²) in [6, 6.07) is -1.06. The highest BCUT2D eigenvalue weighted by molar-refractivity contribution is 5.90. The molecule has 0 aromatic rings. The molecule has 0 aromatic carbocycles. The lowest BCUT2D eigenvalue weighted by molar-refractivity contribution is -0.139. The molecule has 0 radical (unpaired) electrons. The number of amides is 7. The van der Waals surface area contributed by atoms with Gasteiger partial charge in [0, 0.05) is 58.8 Å². The van der Waals surface area contributed by atoms with E-state index in [9.17, 15) is 43.2 Å². The summed E-state index contributed by atoms with van der Waals surface area (Å²) in [7, 11) is 1.57. The fourth-order valence-electron chi connectivity index (χ4n) is 4.63. The molecule has 7 N–H and O–H groups in total. The van der Waals surface area contributed by atoms with Crippen molar-refractivity contribution in [3.8, 4) is 0 Å². The van der Waals surface area contributed by atoms with E-state index in [0.29, 0.717) is 70.9 Å². The van der Waals surface area contributed by atoms with Crippen molar-refractivity contribution in [1.82, 2.24) is 31.5 Å². The van der Waals surface area contributed by atoms with Gasteiger partial charge in [-0.2, -0.15) is 0 Å². The summed E-state index contributed by atoms with van der Waals surface area (Å²) in [6.45, 7) is 1.71. The number of primary amides is 1. The van der Waals surface area contributed by atoms with Gasteiger partial charge < -0.3 is 42.0 Å². The van der Waals surface area contributed by atoms with Gasteiger partial charge in [0.1, 0.15) is 24.9 Å². The van der Waals surface area contributed by atoms with Gasteiger partial charge in [0.05, 0.1) is 0 Å². The summed E-state index contributed by atoms with van der Waals surface area (Å²) in [5, 5.41) is 13.1. The quantitative estimate of drug-likeness (QED) is 0.0397. The number of hydrogen-bond donors (Lipinski definition) is 6. The lowest BCUT2D eigenvalue weighted by Crippen LogP contribution is -2.48. The van der Waals surface area contributed by atoms with Gasteiger partial charge in [-0.25, -0.2) is 0 Å². The van der Waals surface area contributed by atoms with Crippen LogP contribution in [0.4, 0.5) is 0 Å². The third-order valence-corrected chi connectivity index (χ3v) is 7.53. The van der Waals surface area contributed by atoms with Gasteiger partial charge in [-0.15, -0.1) is 0 Å². The van der Waals surface area contributed by atoms with E-state index < -0.39 is 42.2 Å². The van der Waals surface area contributed by atoms with Crippen molar-refractivity contribution in [2.24, 2.45) is 5.73 Å². The molecule has 0 fully saturated rings. The maximum Gasteiger partial charge on any atom is 0.293 e. The minimum atomic E-state index is -1.06. The molecule has 0 bridgehead atoms. The first-order valence-electron chi connectivity index (χ1n) is 17.4. The lowest BCUT2D eigenvalue weighted by Gasteiger charge is -2.22. The molecule has 7 amide bonds. The predicted octanol–water partition coefficient (Wildman–Crippen LogP) is -0.507. The number of nitrogens with zero attached hydrogens (tertiary/aromatic N) is 1. The summed E-state index contributed by atoms with van der Waals surface area (Å²) in [5.74, 6) is -2.95. The Balaban J connectivity index is 4.86. The number of nitrogens with one attached hydrogen (secondary N) is 5. The molecular weight excluding hydrogens is 654 g/mol. The predicted molar refractivity (Wildman–Crippen MR) is 183 cm³/mol. The van der Waals surface area contributed by atoms with E-state index in [2.05, 4.69) is 31.3 Å². The van der Waals surface area contributed by atoms with Crippen molar-refractivity contribution in [1.29, 1.82) is 0 Å². The third-order valence-electron chi connectivity index (χ3n) is 7.53. The average Bonchev–Trinajstić information content (AvgIpc) is 3.09. The summed E-state index contributed by atoms with van der Waals surface area (Å²) in [6.07, 6.45) is 7.00. The molecule has 17 nitrogen and oxygen atoms in total. The fraction of sp³-hybridized carbons (Fsp3) is 0.727. The van der Waals surface area contributed by atoms with Crippen LogP contribution in [0.25, 0.3) is 0 Å². The van der Waals surface area contributed by atoms with Crippen molar-refractivity contribution in [3.63, 3.8) is 0 Å². The Bertz CT molecular complexity index is 1060. The van der Waals surface area contributed by atoms with Crippen LogP contribution in [0.1, 0.15) is 103 Å². The number of ketones is 1. The van der Waals surface area contributed by atoms with Gasteiger partial charge in [-0.3, -0.25) is 43.2 Å². The number of rotatable bonds is 31. The second-order valence-electron chi connectivity index (χ2n) is 11.8. The fourth-order valence-corrected chi connectivity index (χ4v) is 4.63. The maximum atomic E-state index is 13.1. The minimum Gasteiger partial charge on any atom is -0.458 e. The van der Waals surface area contributed by atoms with Crippen LogP contribution in [0.3, 0.4) is 0 Å². The maximum absolute atomic E-state index is 13.1. The Kier molecular flexibility index (Phi) is 26.7. The molecule has 0 spiro atoms. The smallest absolute Gasteiger partial charge is 0.293 e. The highest BCUT2D eigenvalue weighted by Gasteiger charge is 2.22. The number of nitrogens with two attached hydrogens (primary N) is 1. The zero-order chi connectivity index (χ0) is 37.6. The zero-order valence-corrected chi connectivity index (χ0v) is 29.6. The minimum absolute atomic E-state index is 0.0445. The van der Waals surface area contributed by atoms with E-state index in [4.69, 9.17) is 5.73 Å². The number of carbonyl (C=O) groups is 9. The SMILES string of the molecule is CCC(=O)CCCCCNC(=O)CN(CC(=O)NCCCCCC(=O)NC)C(=O)CCCCCNC(=O)[C@@H](CCC(N)=O)NC(=O)COC=O. The van der Waals surface area contributed by atoms with Gasteiger partial charge in [0.2, 0.25) is 35.4 Å². The number of hydrogen-bond acceptors (Lipinski definition) is 10. The second-order valence-corrected chi connectivity index (χ2v) is 11.8. The first-order chi connectivity index (χ1) is 23.9. The lowest BCUT2D eigenvalue weighted by atomic mass is 10.1. The van der Waals surface area contributed by atoms with Gasteiger partial charge in [0.15, 0.2) is 6.61 Å². The Labute approximate surface area is 294 Å². The topological polar surface area (TPSA) is 252 Å². The van der Waals surface area contributed by atoms with Gasteiger partial charge >= 0.3 is 0 Å². The normalized spacial score (nSPS) is 11.0. The molecule has 50 heavy (non-hydrogen) atoms. The first kappa shape index (κ1) is 45.4. The van der Waals surface area contributed by atoms with E-state index in [0.717, 1.165) is 19.3 Å². The number of carbonyl (C=O) groups excluding carboxylic acids is 9. The van der Waals surface area contributed by atoms with Crippen LogP contribution in [0.2, 0.25) is 0 Å². The molecule has 284 valence electrons. The highest BCUT2D eigenvalue weighted by atomic mass is 16.5. The number of Topliss-reactive ketones (excluding diaryl/α,β-unsaturated/α-hetero) is 1. The molecule has 0 heterocycles. The molecule has 0 aliphatic rings. The molecule has 0 saturated carbocycles. The van der Waals surface area contributed by atoms with Gasteiger partial charge in [-0.1, -0.05) is 26.2 Å². The summed E-state index contributed by atoms with van der Waals surface area (Å²) in [4.78, 5) is 108. The van der Waals surface area contributed by atoms with Crippen molar-refractivity contribution in [2.45, 2.75) is 109 Å². The molecule has 0 aromatic heterocycles. The van der Waals surface area contributed by atoms with Crippen LogP contribution in [0, 0.1) is 0 Å². The third kappa shape index (κ3) is 25.4. The Morgan fingerprint density at radius 3 is 1.74 bits per heavy atom. The number of ether oxygens (including phenoxy) is 1. The Morgan fingerprint density at radius 2 is 1.22 bits per heavy atom. The van der Waals surface area contributed by atoms with Crippen molar-refractivity contribution in [2.75, 3.05) is 46.4 Å². The molecular formula is C33H57N7O10. The standard InChI is InChI=1S/C33H57N7O10/c1-3-25(42)13-7-4-10-18-36-29(45)21-40(22-30(46)37-19-11-5-8-14-28(44)35-2)32(48)15-9-6-12-20-38-33(49)26(16-17-27(34)43)39-31(47)23-50-24-41/h24,26H,3-23H2,1-2H3,(H2,34,43)(H,35,44)(H,36,45)(H,37,46)(H,38,49)(H,39,47)/t26-/m1/s1. The van der Waals surface area contributed by atoms with Crippen molar-refractivity contribution in [3.05, 3.63) is 0 Å². The highest BCUT2D eigenvalue weighted by Crippen LogP contribution is 2.06. The molecule has 0 saturated heterocycles. The summed E-state index contributed by atoms with van der Waals surface area (Å²) < 4.78 is 4.37. The van der Waals surface area contributed by atoms with Crippen LogP contribution in [0.15, 0.2) is 0 Å². The Hall–Kier alpha value is -4.57. The van der Waals surface area contributed by atoms with Crippen LogP contribution >= 0.6 is 0 Å². The van der Waals surface area contributed by atoms with E-state index in [1.807, 2.05) is 6.92 Å². The zero-order valence-electron chi connectivity index (χ0n) is 29.6. The van der Waals surface area contributed by atoms with E-state index >= 15 is 0 Å². The average molecular weight is 712 g/mol. The van der Waals surface area contributed by atoms with E-state index in [1.54, 1.807) is 7.05 Å². The molecule has 0 unspecified atom stereocenters. The van der Waals surface area contributed by atoms with Crippen molar-refractivity contribution < 1.29 is 47.9 Å². The van der Waals surface area contributed by atoms with Gasteiger partial charge in [0.25, 0.3) is 12.4 Å². The second kappa shape index (κ2) is 29.4. The van der Waals surface area contributed by atoms with Crippen molar-refractivity contribution >= 4 is 53.6 Å². The van der Waals surface area contributed by atoms with Gasteiger partial charge in [-0.05, 0) is 44.9 Å². The Morgan fingerprint density at radius 1 is 0.680 bits per heavy atom. The van der Waals surface area contributed by atoms with Crippen LogP contribution in [-0.4, -0.2) is 111 Å². The summed E-state index contributed by atoms with van der Waals surface area (Å²) >= 11 is 0. The first-order valence-corrected chi connectivity index (χ1v) is 17.4. The molecule has 0 aliphatic carbocycles. The monoisotopic (exact) mass is 711 g/mol. The molecule has 17 heteroatoms. The molecule has 1 atom stereocenters. The van der Waals surface area contributed by atoms with E-state index in [-0.39, 0.29) is 63.0 Å². The van der Waals surface area contributed by atoms with Crippen LogP contribution < -0.4 is 32.3 Å².